The van der Waals surface area contributed by atoms with Gasteiger partial charge in [0.2, 0.25) is 0 Å². The Hall–Kier alpha value is 0.532. The van der Waals surface area contributed by atoms with Crippen LogP contribution >= 0.6 is 0 Å². The molecule has 0 rings (SSSR count). The molecule has 0 spiro atoms. The van der Waals surface area contributed by atoms with Gasteiger partial charge in [-0.05, 0) is 0 Å². The van der Waals surface area contributed by atoms with E-state index in [1.165, 1.54) is 11.7 Å². The molecule has 0 saturated carbocycles. The Morgan fingerprint density at radius 3 is 2.17 bits per heavy atom. The van der Waals surface area contributed by atoms with Crippen LogP contribution in [-0.2, 0) is 0 Å². The third-order valence-electron chi connectivity index (χ3n) is 0.744. The molecular weight excluding hydrogens is 87.0 g/mol. The van der Waals surface area contributed by atoms with Crippen molar-refractivity contribution in [2.24, 2.45) is 5.92 Å². The van der Waals surface area contributed by atoms with Crippen molar-refractivity contribution in [1.82, 2.24) is 0 Å². The second-order valence-corrected chi connectivity index (χ2v) is 2.55. The van der Waals surface area contributed by atoms with Gasteiger partial charge in [0.05, 0.1) is 0 Å². The van der Waals surface area contributed by atoms with Gasteiger partial charge < -0.3 is 2.85 Å². The summed E-state index contributed by atoms with van der Waals surface area (Å²) < 4.78 is 0. The minimum Gasteiger partial charge on any atom is -1.00 e. The van der Waals surface area contributed by atoms with Gasteiger partial charge in [-0.25, -0.2) is 0 Å². The summed E-state index contributed by atoms with van der Waals surface area (Å²) in [5, 5.41) is 1.25. The van der Waals surface area contributed by atoms with Crippen molar-refractivity contribution in [3.8, 4) is 0 Å². The van der Waals surface area contributed by atoms with Crippen molar-refractivity contribution in [1.29, 1.82) is 0 Å². The Morgan fingerprint density at radius 2 is 2.17 bits per heavy atom. The van der Waals surface area contributed by atoms with Gasteiger partial charge in [0.15, 0.2) is 0 Å². The minimum absolute atomic E-state index is 0. The molecule has 0 radical (unpaired) electrons. The average molecular weight is 100 g/mol. The number of rotatable bonds is 2. The van der Waals surface area contributed by atoms with Gasteiger partial charge in [-0.1, -0.05) is 0 Å². The van der Waals surface area contributed by atoms with Crippen LogP contribution in [0.25, 0.3) is 0 Å². The van der Waals surface area contributed by atoms with Crippen molar-refractivity contribution in [2.45, 2.75) is 25.6 Å². The van der Waals surface area contributed by atoms with Crippen LogP contribution in [0.5, 0.6) is 0 Å². The van der Waals surface area contributed by atoms with Gasteiger partial charge in [-0.15, -0.1) is 0 Å². The van der Waals surface area contributed by atoms with Crippen LogP contribution in [0.4, 0.5) is 0 Å². The molecule has 0 aliphatic heterocycles. The van der Waals surface area contributed by atoms with Crippen molar-refractivity contribution in [3.05, 3.63) is 0 Å². The van der Waals surface area contributed by atoms with Crippen LogP contribution in [-0.4, -0.2) is 16.3 Å². The van der Waals surface area contributed by atoms with E-state index < -0.39 is 0 Å². The molecule has 0 N–H and O–H groups in total. The van der Waals surface area contributed by atoms with E-state index in [-0.39, 0.29) is 2.85 Å². The van der Waals surface area contributed by atoms with Crippen LogP contribution in [0.1, 0.15) is 23.1 Å². The normalized spacial score (nSPS) is 10.2. The smallest absolute Gasteiger partial charge is 1.00 e. The Kier molecular flexibility index (Phi) is 4.04. The Morgan fingerprint density at radius 1 is 1.67 bits per heavy atom. The quantitative estimate of drug-likeness (QED) is 0.464. The maximum Gasteiger partial charge on any atom is -1.00 e. The largest absolute Gasteiger partial charge is 1.00 e. The molecule has 0 aliphatic rings. The molecule has 0 saturated heterocycles. The van der Waals surface area contributed by atoms with Crippen molar-refractivity contribution in [3.63, 3.8) is 0 Å². The Labute approximate surface area is 51.3 Å². The van der Waals surface area contributed by atoms with E-state index in [2.05, 4.69) is 30.1 Å². The molecule has 0 aliphatic carbocycles. The molecule has 0 atom stereocenters. The summed E-state index contributed by atoms with van der Waals surface area (Å²) >= 11 is 2.72. The van der Waals surface area contributed by atoms with Crippen molar-refractivity contribution >= 4 is 16.3 Å². The van der Waals surface area contributed by atoms with E-state index in [0.717, 1.165) is 5.92 Å². The summed E-state index contributed by atoms with van der Waals surface area (Å²) in [5.74, 6) is 0.877. The zero-order valence-corrected chi connectivity index (χ0v) is 5.72. The fourth-order valence-electron chi connectivity index (χ4n) is 0.333. The first-order chi connectivity index (χ1) is 2.77. The van der Waals surface area contributed by atoms with Crippen LogP contribution in [0.15, 0.2) is 0 Å². The summed E-state index contributed by atoms with van der Waals surface area (Å²) in [6.45, 7) is 4.48. The van der Waals surface area contributed by atoms with E-state index in [9.17, 15) is 0 Å². The molecule has 0 unspecified atom stereocenters. The van der Waals surface area contributed by atoms with Gasteiger partial charge in [-0.3, -0.25) is 0 Å². The third-order valence-corrected chi connectivity index (χ3v) is 1.08. The molecule has 0 fully saturated rings. The Balaban J connectivity index is -0.000000125. The summed E-state index contributed by atoms with van der Waals surface area (Å²) in [7, 11) is 0. The molecule has 1 heteroatoms. The first-order valence-corrected chi connectivity index (χ1v) is 3.29. The standard InChI is InChI=1S/C5H11.Al.2H/c1-4-5(2)3;;;/h5H,1,4H2,2-3H3;;;/q;+2;2*-1. The predicted molar refractivity (Wildman–Crippen MR) is 32.2 cm³/mol. The first kappa shape index (κ1) is 6.53. The number of hydrogen-bond donors (Lipinski definition) is 0. The van der Waals surface area contributed by atoms with Gasteiger partial charge in [-0.2, -0.15) is 0 Å². The fraction of sp³-hybridized carbons (Fsp3) is 1.00. The van der Waals surface area contributed by atoms with Gasteiger partial charge in [0.1, 0.15) is 0 Å². The second-order valence-electron chi connectivity index (χ2n) is 1.97. The summed E-state index contributed by atoms with van der Waals surface area (Å²) in [6, 6.07) is 0. The minimum atomic E-state index is 0. The van der Waals surface area contributed by atoms with E-state index in [1.807, 2.05) is 0 Å². The monoisotopic (exact) mass is 100 g/mol. The molecule has 0 aromatic rings. The van der Waals surface area contributed by atoms with Gasteiger partial charge in [0.25, 0.3) is 0 Å². The van der Waals surface area contributed by atoms with Crippen LogP contribution < -0.4 is 0 Å². The Bertz CT molecular complexity index is 31.6. The molecular formula is C5H13Al. The van der Waals surface area contributed by atoms with E-state index in [1.54, 1.807) is 0 Å². The third kappa shape index (κ3) is 4.53. The van der Waals surface area contributed by atoms with E-state index in [0.29, 0.717) is 0 Å². The second kappa shape index (κ2) is 3.71. The fourth-order valence-corrected chi connectivity index (χ4v) is 1.00. The SMILES string of the molecule is CC(C)C[CH2][Al+2].[H-].[H-]. The summed E-state index contributed by atoms with van der Waals surface area (Å²) in [6.07, 6.45) is 1.34. The zero-order chi connectivity index (χ0) is 4.99. The molecule has 6 heavy (non-hydrogen) atoms. The maximum atomic E-state index is 2.72. The molecule has 0 aromatic carbocycles. The van der Waals surface area contributed by atoms with Crippen molar-refractivity contribution < 1.29 is 2.85 Å². The molecule has 0 heterocycles. The van der Waals surface area contributed by atoms with Crippen LogP contribution in [0.3, 0.4) is 0 Å². The van der Waals surface area contributed by atoms with E-state index in [4.69, 9.17) is 0 Å². The van der Waals surface area contributed by atoms with Gasteiger partial charge in [0, 0.05) is 0 Å². The average Bonchev–Trinajstić information content (AvgIpc) is 1.35. The molecule has 0 bridgehead atoms. The molecule has 36 valence electrons. The molecule has 0 aromatic heterocycles. The van der Waals surface area contributed by atoms with Crippen LogP contribution in [0, 0.1) is 5.92 Å². The molecule has 0 amide bonds. The molecule has 0 nitrogen and oxygen atoms in total. The summed E-state index contributed by atoms with van der Waals surface area (Å²) in [4.78, 5) is 0. The van der Waals surface area contributed by atoms with Crippen molar-refractivity contribution in [2.75, 3.05) is 0 Å². The zero-order valence-electron chi connectivity index (χ0n) is 6.57. The van der Waals surface area contributed by atoms with Gasteiger partial charge >= 0.3 is 47.8 Å². The number of hydrogen-bond acceptors (Lipinski definition) is 0. The first-order valence-electron chi connectivity index (χ1n) is 2.47. The topological polar surface area (TPSA) is 0 Å². The van der Waals surface area contributed by atoms with Crippen LogP contribution in [0.2, 0.25) is 5.28 Å². The van der Waals surface area contributed by atoms with E-state index >= 15 is 0 Å². The summed E-state index contributed by atoms with van der Waals surface area (Å²) in [5.41, 5.74) is 0. The maximum absolute atomic E-state index is 2.72. The predicted octanol–water partition coefficient (Wildman–Crippen LogP) is 1.84.